The Morgan fingerprint density at radius 1 is 0.912 bits per heavy atom. The van der Waals surface area contributed by atoms with Crippen LogP contribution >= 0.6 is 0 Å². The lowest BCUT2D eigenvalue weighted by molar-refractivity contribution is -0.0168. The molecule has 2 heterocycles. The highest BCUT2D eigenvalue weighted by Gasteiger charge is 2.31. The van der Waals surface area contributed by atoms with E-state index in [0.717, 1.165) is 63.4 Å². The van der Waals surface area contributed by atoms with Crippen LogP contribution < -0.4 is 9.47 Å². The topological polar surface area (TPSA) is 59.8 Å². The molecule has 1 N–H and O–H groups in total. The molecular formula is C28H37N3O3. The molecule has 4 rings (SSSR count). The molecule has 0 spiro atoms. The van der Waals surface area contributed by atoms with Gasteiger partial charge in [-0.05, 0) is 75.0 Å². The Balaban J connectivity index is 1.19. The van der Waals surface area contributed by atoms with E-state index in [0.29, 0.717) is 13.2 Å². The summed E-state index contributed by atoms with van der Waals surface area (Å²) in [6.45, 7) is 8.72. The van der Waals surface area contributed by atoms with Crippen molar-refractivity contribution >= 4 is 0 Å². The zero-order valence-corrected chi connectivity index (χ0v) is 20.4. The molecule has 1 unspecified atom stereocenters. The lowest BCUT2D eigenvalue weighted by atomic mass is 9.96. The Morgan fingerprint density at radius 2 is 1.65 bits per heavy atom. The van der Waals surface area contributed by atoms with Gasteiger partial charge in [-0.3, -0.25) is 9.58 Å². The second kappa shape index (κ2) is 11.5. The van der Waals surface area contributed by atoms with Crippen molar-refractivity contribution in [3.8, 4) is 11.5 Å². The molecule has 1 aromatic heterocycles. The monoisotopic (exact) mass is 463 g/mol. The predicted octanol–water partition coefficient (Wildman–Crippen LogP) is 4.77. The molecular weight excluding hydrogens is 426 g/mol. The van der Waals surface area contributed by atoms with Gasteiger partial charge >= 0.3 is 0 Å². The first-order valence-corrected chi connectivity index (χ1v) is 12.3. The summed E-state index contributed by atoms with van der Waals surface area (Å²) in [7, 11) is 0. The summed E-state index contributed by atoms with van der Waals surface area (Å²) < 4.78 is 13.8. The molecule has 182 valence electrons. The van der Waals surface area contributed by atoms with E-state index in [2.05, 4.69) is 54.3 Å². The number of benzene rings is 2. The van der Waals surface area contributed by atoms with Gasteiger partial charge in [0.15, 0.2) is 0 Å². The molecule has 6 nitrogen and oxygen atoms in total. The van der Waals surface area contributed by atoms with Crippen molar-refractivity contribution in [2.45, 2.75) is 58.2 Å². The van der Waals surface area contributed by atoms with Crippen LogP contribution in [0.4, 0.5) is 0 Å². The fourth-order valence-electron chi connectivity index (χ4n) is 4.34. The molecule has 0 aliphatic carbocycles. The minimum absolute atomic E-state index is 0.343. The van der Waals surface area contributed by atoms with Gasteiger partial charge in [0.25, 0.3) is 0 Å². The minimum Gasteiger partial charge on any atom is -0.494 e. The lowest BCUT2D eigenvalue weighted by Gasteiger charge is -2.27. The van der Waals surface area contributed by atoms with Gasteiger partial charge in [-0.15, -0.1) is 0 Å². The van der Waals surface area contributed by atoms with Gasteiger partial charge in [0, 0.05) is 32.3 Å². The molecule has 34 heavy (non-hydrogen) atoms. The first kappa shape index (κ1) is 24.3. The van der Waals surface area contributed by atoms with Crippen molar-refractivity contribution in [2.24, 2.45) is 0 Å². The summed E-state index contributed by atoms with van der Waals surface area (Å²) in [4.78, 5) is 2.42. The molecule has 1 aliphatic rings. The molecule has 1 saturated heterocycles. The van der Waals surface area contributed by atoms with E-state index in [1.807, 2.05) is 35.1 Å². The maximum Gasteiger partial charge on any atom is 0.119 e. The third-order valence-corrected chi connectivity index (χ3v) is 6.43. The fraction of sp³-hybridized carbons (Fsp3) is 0.464. The highest BCUT2D eigenvalue weighted by Crippen LogP contribution is 2.25. The Hall–Kier alpha value is -2.83. The van der Waals surface area contributed by atoms with Crippen LogP contribution in [0.1, 0.15) is 42.4 Å². The van der Waals surface area contributed by atoms with Crippen molar-refractivity contribution in [3.63, 3.8) is 0 Å². The maximum absolute atomic E-state index is 11.1. The van der Waals surface area contributed by atoms with Crippen LogP contribution in [0.15, 0.2) is 60.9 Å². The number of ether oxygens (including phenoxy) is 2. The number of nitrogens with zero attached hydrogens (tertiary/aromatic N) is 3. The number of hydrogen-bond donors (Lipinski definition) is 1. The van der Waals surface area contributed by atoms with Crippen LogP contribution in [0, 0.1) is 13.8 Å². The van der Waals surface area contributed by atoms with Gasteiger partial charge < -0.3 is 14.6 Å². The largest absolute Gasteiger partial charge is 0.494 e. The molecule has 1 atom stereocenters. The quantitative estimate of drug-likeness (QED) is 0.439. The van der Waals surface area contributed by atoms with Crippen molar-refractivity contribution < 1.29 is 14.6 Å². The lowest BCUT2D eigenvalue weighted by Crippen LogP contribution is -2.37. The number of aliphatic hydroxyl groups is 1. The summed E-state index contributed by atoms with van der Waals surface area (Å²) in [5.41, 5.74) is 2.88. The van der Waals surface area contributed by atoms with Crippen LogP contribution in [0.5, 0.6) is 11.5 Å². The highest BCUT2D eigenvalue weighted by atomic mass is 16.5. The molecule has 0 radical (unpaired) electrons. The van der Waals surface area contributed by atoms with Crippen molar-refractivity contribution in [1.82, 2.24) is 14.7 Å². The zero-order chi connectivity index (χ0) is 23.8. The second-order valence-corrected chi connectivity index (χ2v) is 9.58. The first-order chi connectivity index (χ1) is 16.5. The van der Waals surface area contributed by atoms with E-state index in [1.165, 1.54) is 16.7 Å². The average Bonchev–Trinajstić information content (AvgIpc) is 3.16. The normalized spacial score (nSPS) is 19.0. The molecule has 1 fully saturated rings. The van der Waals surface area contributed by atoms with E-state index >= 15 is 0 Å². The molecule has 2 aromatic carbocycles. The summed E-state index contributed by atoms with van der Waals surface area (Å²) in [5.74, 6) is 1.72. The molecule has 6 heteroatoms. The summed E-state index contributed by atoms with van der Waals surface area (Å²) in [6.07, 6.45) is 7.30. The fourth-order valence-corrected chi connectivity index (χ4v) is 4.34. The SMILES string of the molecule is Cc1ccc(OCC2(O)CCCN(Cc3ccc(OCCCn4cc(C)cn4)cc3)CC2)cc1. The van der Waals surface area contributed by atoms with E-state index in [4.69, 9.17) is 9.47 Å². The van der Waals surface area contributed by atoms with Crippen LogP contribution in [0.3, 0.4) is 0 Å². The molecule has 1 aliphatic heterocycles. The van der Waals surface area contributed by atoms with E-state index < -0.39 is 5.60 Å². The average molecular weight is 464 g/mol. The van der Waals surface area contributed by atoms with Crippen molar-refractivity contribution in [2.75, 3.05) is 26.3 Å². The maximum atomic E-state index is 11.1. The van der Waals surface area contributed by atoms with E-state index in [-0.39, 0.29) is 0 Å². The van der Waals surface area contributed by atoms with Gasteiger partial charge in [0.05, 0.1) is 18.4 Å². The van der Waals surface area contributed by atoms with E-state index in [9.17, 15) is 5.11 Å². The molecule has 3 aromatic rings. The third-order valence-electron chi connectivity index (χ3n) is 6.43. The Bertz CT molecular complexity index is 1020. The van der Waals surface area contributed by atoms with Crippen LogP contribution in [-0.2, 0) is 13.1 Å². The van der Waals surface area contributed by atoms with Gasteiger partial charge in [-0.2, -0.15) is 5.10 Å². The van der Waals surface area contributed by atoms with E-state index in [1.54, 1.807) is 0 Å². The summed E-state index contributed by atoms with van der Waals surface area (Å²) >= 11 is 0. The molecule has 0 saturated carbocycles. The number of likely N-dealkylation sites (tertiary alicyclic amines) is 1. The third kappa shape index (κ3) is 7.34. The first-order valence-electron chi connectivity index (χ1n) is 12.3. The van der Waals surface area contributed by atoms with Gasteiger partial charge in [0.2, 0.25) is 0 Å². The van der Waals surface area contributed by atoms with Crippen molar-refractivity contribution in [1.29, 1.82) is 0 Å². The minimum atomic E-state index is -0.772. The van der Waals surface area contributed by atoms with Crippen LogP contribution in [0.25, 0.3) is 0 Å². The van der Waals surface area contributed by atoms with Gasteiger partial charge in [-0.25, -0.2) is 0 Å². The number of aromatic nitrogens is 2. The highest BCUT2D eigenvalue weighted by molar-refractivity contribution is 5.27. The predicted molar refractivity (Wildman–Crippen MR) is 134 cm³/mol. The second-order valence-electron chi connectivity index (χ2n) is 9.58. The molecule has 0 bridgehead atoms. The summed E-state index contributed by atoms with van der Waals surface area (Å²) in [6, 6.07) is 16.4. The Labute approximate surface area is 203 Å². The van der Waals surface area contributed by atoms with Crippen LogP contribution in [-0.4, -0.2) is 51.7 Å². The number of rotatable bonds is 10. The zero-order valence-electron chi connectivity index (χ0n) is 20.4. The molecule has 0 amide bonds. The van der Waals surface area contributed by atoms with Gasteiger partial charge in [-0.1, -0.05) is 29.8 Å². The van der Waals surface area contributed by atoms with Crippen LogP contribution in [0.2, 0.25) is 0 Å². The number of aryl methyl sites for hydroxylation is 3. The smallest absolute Gasteiger partial charge is 0.119 e. The Morgan fingerprint density at radius 3 is 2.38 bits per heavy atom. The Kier molecular flexibility index (Phi) is 8.25. The number of hydrogen-bond acceptors (Lipinski definition) is 5. The van der Waals surface area contributed by atoms with Crippen molar-refractivity contribution in [3.05, 3.63) is 77.6 Å². The van der Waals surface area contributed by atoms with Gasteiger partial charge in [0.1, 0.15) is 18.1 Å². The standard InChI is InChI=1S/C28H37N3O3/c1-23-5-9-27(10-6-23)34-22-28(32)13-3-15-30(17-14-28)21-25-7-11-26(12-8-25)33-18-4-16-31-20-24(2)19-29-31/h5-12,19-20,32H,3-4,13-18,21-22H2,1-2H3. The summed E-state index contributed by atoms with van der Waals surface area (Å²) in [5, 5.41) is 15.4.